The molecule has 1 aliphatic heterocycles. The summed E-state index contributed by atoms with van der Waals surface area (Å²) in [6, 6.07) is 5.56. The van der Waals surface area contributed by atoms with Crippen LogP contribution in [0.5, 0.6) is 0 Å². The molecule has 1 atom stereocenters. The van der Waals surface area contributed by atoms with Gasteiger partial charge in [0.2, 0.25) is 0 Å². The largest absolute Gasteiger partial charge is 0.373 e. The molecule has 0 spiro atoms. The van der Waals surface area contributed by atoms with Crippen molar-refractivity contribution in [2.45, 2.75) is 12.3 Å². The fraction of sp³-hybridized carbons (Fsp3) is 0.368. The Balaban J connectivity index is 1.66. The molecule has 9 heteroatoms. The molecular formula is C19H21F2N7. The number of piperidine rings is 1. The van der Waals surface area contributed by atoms with Crippen LogP contribution in [0.2, 0.25) is 0 Å². The Kier molecular flexibility index (Phi) is 4.99. The van der Waals surface area contributed by atoms with E-state index in [0.717, 1.165) is 11.4 Å². The number of pyridine rings is 2. The molecule has 0 saturated carbocycles. The molecule has 0 amide bonds. The summed E-state index contributed by atoms with van der Waals surface area (Å²) >= 11 is 0. The molecule has 1 saturated heterocycles. The highest BCUT2D eigenvalue weighted by Gasteiger charge is 2.41. The van der Waals surface area contributed by atoms with E-state index < -0.39 is 11.8 Å². The number of aromatic nitrogens is 4. The van der Waals surface area contributed by atoms with Crippen molar-refractivity contribution < 1.29 is 8.78 Å². The van der Waals surface area contributed by atoms with Crippen LogP contribution in [0.15, 0.2) is 36.8 Å². The van der Waals surface area contributed by atoms with Gasteiger partial charge in [-0.3, -0.25) is 4.98 Å². The van der Waals surface area contributed by atoms with E-state index in [9.17, 15) is 8.78 Å². The summed E-state index contributed by atoms with van der Waals surface area (Å²) in [6.07, 6.45) is 4.71. The van der Waals surface area contributed by atoms with Crippen LogP contribution in [0.25, 0.3) is 22.3 Å². The third kappa shape index (κ3) is 3.70. The molecule has 3 aromatic rings. The first kappa shape index (κ1) is 18.4. The fourth-order valence-corrected chi connectivity index (χ4v) is 3.26. The molecule has 1 unspecified atom stereocenters. The number of nitrogens with zero attached hydrogens (tertiary/aromatic N) is 4. The molecule has 0 aromatic carbocycles. The van der Waals surface area contributed by atoms with E-state index in [2.05, 4.69) is 35.9 Å². The van der Waals surface area contributed by atoms with Gasteiger partial charge in [-0.05, 0) is 18.2 Å². The van der Waals surface area contributed by atoms with Crippen LogP contribution in [-0.4, -0.2) is 52.5 Å². The van der Waals surface area contributed by atoms with Gasteiger partial charge < -0.3 is 16.0 Å². The van der Waals surface area contributed by atoms with E-state index in [0.29, 0.717) is 29.1 Å². The second-order valence-electron chi connectivity index (χ2n) is 6.76. The molecule has 28 heavy (non-hydrogen) atoms. The maximum Gasteiger partial charge on any atom is 0.255 e. The second kappa shape index (κ2) is 7.59. The number of anilines is 2. The van der Waals surface area contributed by atoms with Gasteiger partial charge in [-0.2, -0.15) is 0 Å². The lowest BCUT2D eigenvalue weighted by atomic mass is 9.95. The van der Waals surface area contributed by atoms with Gasteiger partial charge in [0.25, 0.3) is 5.92 Å². The molecule has 146 valence electrons. The molecule has 7 nitrogen and oxygen atoms in total. The first-order valence-electron chi connectivity index (χ1n) is 9.15. The minimum atomic E-state index is -2.70. The molecule has 1 fully saturated rings. The number of fused-ring (bicyclic) bond motifs is 1. The van der Waals surface area contributed by atoms with E-state index in [1.54, 1.807) is 25.6 Å². The van der Waals surface area contributed by atoms with Gasteiger partial charge in [0.05, 0.1) is 17.1 Å². The van der Waals surface area contributed by atoms with Crippen molar-refractivity contribution in [3.63, 3.8) is 0 Å². The molecule has 4 heterocycles. The SMILES string of the molecule is CNc1ccc(-c2cc3nccnc3c(NCC3CNCCC3(F)F)n2)cn1. The Bertz CT molecular complexity index is 962. The van der Waals surface area contributed by atoms with Gasteiger partial charge in [0, 0.05) is 57.3 Å². The fourth-order valence-electron chi connectivity index (χ4n) is 3.26. The predicted molar refractivity (Wildman–Crippen MR) is 105 cm³/mol. The molecule has 0 aliphatic carbocycles. The van der Waals surface area contributed by atoms with Crippen molar-refractivity contribution in [3.05, 3.63) is 36.8 Å². The zero-order valence-corrected chi connectivity index (χ0v) is 15.4. The van der Waals surface area contributed by atoms with E-state index in [1.165, 1.54) is 0 Å². The molecule has 0 radical (unpaired) electrons. The third-order valence-corrected chi connectivity index (χ3v) is 4.91. The maximum absolute atomic E-state index is 14.2. The zero-order valence-electron chi connectivity index (χ0n) is 15.4. The highest BCUT2D eigenvalue weighted by molar-refractivity contribution is 5.88. The van der Waals surface area contributed by atoms with Crippen molar-refractivity contribution in [1.29, 1.82) is 0 Å². The van der Waals surface area contributed by atoms with Crippen LogP contribution < -0.4 is 16.0 Å². The summed E-state index contributed by atoms with van der Waals surface area (Å²) in [5, 5.41) is 9.08. The standard InChI is InChI=1S/C19H21F2N7/c1-22-16-3-2-12(9-26-16)14-8-15-17(25-7-6-24-15)18(28-14)27-11-13-10-23-5-4-19(13,20)21/h2-3,6-9,13,23H,4-5,10-11H2,1H3,(H,22,26)(H,27,28). The van der Waals surface area contributed by atoms with Gasteiger partial charge in [0.1, 0.15) is 11.3 Å². The average Bonchev–Trinajstić information content (AvgIpc) is 2.72. The van der Waals surface area contributed by atoms with Crippen LogP contribution >= 0.6 is 0 Å². The number of hydrogen-bond donors (Lipinski definition) is 3. The number of rotatable bonds is 5. The van der Waals surface area contributed by atoms with Gasteiger partial charge in [0.15, 0.2) is 5.82 Å². The van der Waals surface area contributed by atoms with E-state index in [1.807, 2.05) is 18.2 Å². The number of alkyl halides is 2. The van der Waals surface area contributed by atoms with Crippen molar-refractivity contribution in [2.75, 3.05) is 37.3 Å². The normalized spacial score (nSPS) is 18.8. The number of hydrogen-bond acceptors (Lipinski definition) is 7. The van der Waals surface area contributed by atoms with Crippen LogP contribution in [-0.2, 0) is 0 Å². The van der Waals surface area contributed by atoms with Crippen molar-refractivity contribution in [2.24, 2.45) is 5.92 Å². The topological polar surface area (TPSA) is 87.7 Å². The van der Waals surface area contributed by atoms with E-state index >= 15 is 0 Å². The van der Waals surface area contributed by atoms with Crippen LogP contribution in [0.1, 0.15) is 6.42 Å². The van der Waals surface area contributed by atoms with Crippen molar-refractivity contribution in [1.82, 2.24) is 25.3 Å². The van der Waals surface area contributed by atoms with E-state index in [4.69, 9.17) is 0 Å². The summed E-state index contributed by atoms with van der Waals surface area (Å²) in [7, 11) is 1.80. The summed E-state index contributed by atoms with van der Waals surface area (Å²) in [5.74, 6) is -2.33. The molecule has 3 N–H and O–H groups in total. The summed E-state index contributed by atoms with van der Waals surface area (Å²) < 4.78 is 28.3. The van der Waals surface area contributed by atoms with Gasteiger partial charge in [-0.15, -0.1) is 0 Å². The maximum atomic E-state index is 14.2. The van der Waals surface area contributed by atoms with Gasteiger partial charge >= 0.3 is 0 Å². The highest BCUT2D eigenvalue weighted by Crippen LogP contribution is 2.31. The monoisotopic (exact) mass is 385 g/mol. The number of halogens is 2. The first-order valence-corrected chi connectivity index (χ1v) is 9.15. The Morgan fingerprint density at radius 2 is 2.07 bits per heavy atom. The Hall–Kier alpha value is -2.94. The van der Waals surface area contributed by atoms with Crippen molar-refractivity contribution >= 4 is 22.7 Å². The number of nitrogens with one attached hydrogen (secondary N) is 3. The molecule has 3 aromatic heterocycles. The molecular weight excluding hydrogens is 364 g/mol. The van der Waals surface area contributed by atoms with E-state index in [-0.39, 0.29) is 19.5 Å². The first-order chi connectivity index (χ1) is 13.6. The van der Waals surface area contributed by atoms with Crippen molar-refractivity contribution in [3.8, 4) is 11.3 Å². The summed E-state index contributed by atoms with van der Waals surface area (Å²) in [6.45, 7) is 0.693. The molecule has 1 aliphatic rings. The van der Waals surface area contributed by atoms with Crippen LogP contribution in [0.3, 0.4) is 0 Å². The minimum Gasteiger partial charge on any atom is -0.373 e. The lowest BCUT2D eigenvalue weighted by Gasteiger charge is -2.32. The van der Waals surface area contributed by atoms with Gasteiger partial charge in [-0.1, -0.05) is 0 Å². The quantitative estimate of drug-likeness (QED) is 0.622. The minimum absolute atomic E-state index is 0.0963. The average molecular weight is 385 g/mol. The zero-order chi connectivity index (χ0) is 19.6. The lowest BCUT2D eigenvalue weighted by molar-refractivity contribution is -0.0728. The predicted octanol–water partition coefficient (Wildman–Crippen LogP) is 2.79. The second-order valence-corrected chi connectivity index (χ2v) is 6.76. The summed E-state index contributed by atoms with van der Waals surface area (Å²) in [4.78, 5) is 17.6. The van der Waals surface area contributed by atoms with Crippen LogP contribution in [0, 0.1) is 5.92 Å². The Morgan fingerprint density at radius 1 is 1.21 bits per heavy atom. The van der Waals surface area contributed by atoms with Gasteiger partial charge in [-0.25, -0.2) is 23.7 Å². The Morgan fingerprint density at radius 3 is 2.82 bits per heavy atom. The Labute approximate surface area is 161 Å². The molecule has 0 bridgehead atoms. The third-order valence-electron chi connectivity index (χ3n) is 4.91. The lowest BCUT2D eigenvalue weighted by Crippen LogP contribution is -2.47. The smallest absolute Gasteiger partial charge is 0.255 e. The summed E-state index contributed by atoms with van der Waals surface area (Å²) in [5.41, 5.74) is 2.65. The van der Waals surface area contributed by atoms with Crippen LogP contribution in [0.4, 0.5) is 20.4 Å². The highest BCUT2D eigenvalue weighted by atomic mass is 19.3. The molecule has 4 rings (SSSR count).